The first-order chi connectivity index (χ1) is 11.7. The summed E-state index contributed by atoms with van der Waals surface area (Å²) in [5.74, 6) is -0.0984. The number of ether oxygens (including phenoxy) is 1. The van der Waals surface area contributed by atoms with E-state index in [0.29, 0.717) is 24.6 Å². The number of hydrogen-bond acceptors (Lipinski definition) is 4. The molecule has 6 nitrogen and oxygen atoms in total. The summed E-state index contributed by atoms with van der Waals surface area (Å²) in [6.07, 6.45) is 0.833. The van der Waals surface area contributed by atoms with Crippen LogP contribution in [0.4, 0.5) is 5.69 Å². The molecule has 2 amide bonds. The van der Waals surface area contributed by atoms with Gasteiger partial charge in [-0.2, -0.15) is 0 Å². The molecular formula is C18H21N3O3. The number of nitrogens with one attached hydrogen (secondary N) is 2. The van der Waals surface area contributed by atoms with Gasteiger partial charge in [0.15, 0.2) is 0 Å². The number of amides is 2. The van der Waals surface area contributed by atoms with Crippen LogP contribution in [0.2, 0.25) is 0 Å². The van der Waals surface area contributed by atoms with Crippen LogP contribution in [0.1, 0.15) is 41.2 Å². The minimum atomic E-state index is -0.396. The van der Waals surface area contributed by atoms with Crippen molar-refractivity contribution in [1.29, 1.82) is 0 Å². The summed E-state index contributed by atoms with van der Waals surface area (Å²) < 4.78 is 5.48. The SMILES string of the molecule is CCCNC(=O)c1cccc(C(=O)Nc2ccccc2OCC)n1. The van der Waals surface area contributed by atoms with Crippen LogP contribution in [0.25, 0.3) is 0 Å². The maximum atomic E-state index is 12.4. The molecule has 2 rings (SSSR count). The molecule has 24 heavy (non-hydrogen) atoms. The Balaban J connectivity index is 2.14. The van der Waals surface area contributed by atoms with Crippen LogP contribution in [0, 0.1) is 0 Å². The number of para-hydroxylation sites is 2. The zero-order valence-corrected chi connectivity index (χ0v) is 13.8. The molecule has 0 saturated carbocycles. The van der Waals surface area contributed by atoms with Gasteiger partial charge in [0.05, 0.1) is 12.3 Å². The first-order valence-electron chi connectivity index (χ1n) is 7.94. The number of aromatic nitrogens is 1. The highest BCUT2D eigenvalue weighted by atomic mass is 16.5. The van der Waals surface area contributed by atoms with Crippen LogP contribution in [0.15, 0.2) is 42.5 Å². The van der Waals surface area contributed by atoms with Crippen molar-refractivity contribution in [2.75, 3.05) is 18.5 Å². The van der Waals surface area contributed by atoms with E-state index in [1.165, 1.54) is 0 Å². The lowest BCUT2D eigenvalue weighted by molar-refractivity contribution is 0.0948. The molecule has 1 aromatic heterocycles. The molecule has 0 bridgehead atoms. The van der Waals surface area contributed by atoms with Gasteiger partial charge in [-0.25, -0.2) is 4.98 Å². The average molecular weight is 327 g/mol. The van der Waals surface area contributed by atoms with E-state index in [-0.39, 0.29) is 17.3 Å². The Kier molecular flexibility index (Phi) is 6.31. The van der Waals surface area contributed by atoms with E-state index in [1.807, 2.05) is 19.9 Å². The Morgan fingerprint density at radius 3 is 2.42 bits per heavy atom. The van der Waals surface area contributed by atoms with Gasteiger partial charge in [-0.15, -0.1) is 0 Å². The van der Waals surface area contributed by atoms with E-state index in [1.54, 1.807) is 36.4 Å². The summed E-state index contributed by atoms with van der Waals surface area (Å²) in [4.78, 5) is 28.5. The molecule has 0 fully saturated rings. The Morgan fingerprint density at radius 1 is 1.00 bits per heavy atom. The Morgan fingerprint density at radius 2 is 1.71 bits per heavy atom. The monoisotopic (exact) mass is 327 g/mol. The summed E-state index contributed by atoms with van der Waals surface area (Å²) in [7, 11) is 0. The van der Waals surface area contributed by atoms with Gasteiger partial charge in [0, 0.05) is 6.54 Å². The number of anilines is 1. The normalized spacial score (nSPS) is 10.1. The Hall–Kier alpha value is -2.89. The van der Waals surface area contributed by atoms with Crippen molar-refractivity contribution in [1.82, 2.24) is 10.3 Å². The molecule has 1 aromatic carbocycles. The fourth-order valence-electron chi connectivity index (χ4n) is 2.05. The van der Waals surface area contributed by atoms with Crippen molar-refractivity contribution >= 4 is 17.5 Å². The van der Waals surface area contributed by atoms with E-state index in [0.717, 1.165) is 6.42 Å². The highest BCUT2D eigenvalue weighted by Crippen LogP contribution is 2.24. The second kappa shape index (κ2) is 8.67. The van der Waals surface area contributed by atoms with Crippen molar-refractivity contribution < 1.29 is 14.3 Å². The largest absolute Gasteiger partial charge is 0.492 e. The molecule has 0 atom stereocenters. The minimum absolute atomic E-state index is 0.172. The van der Waals surface area contributed by atoms with Crippen molar-refractivity contribution in [2.24, 2.45) is 0 Å². The predicted octanol–water partition coefficient (Wildman–Crippen LogP) is 2.87. The third kappa shape index (κ3) is 4.55. The third-order valence-corrected chi connectivity index (χ3v) is 3.19. The lowest BCUT2D eigenvalue weighted by Crippen LogP contribution is -2.26. The summed E-state index contributed by atoms with van der Waals surface area (Å²) in [5, 5.41) is 5.50. The van der Waals surface area contributed by atoms with Crippen molar-refractivity contribution in [2.45, 2.75) is 20.3 Å². The lowest BCUT2D eigenvalue weighted by atomic mass is 10.2. The van der Waals surface area contributed by atoms with Crippen molar-refractivity contribution in [3.63, 3.8) is 0 Å². The van der Waals surface area contributed by atoms with Gasteiger partial charge in [-0.05, 0) is 37.6 Å². The van der Waals surface area contributed by atoms with Crippen LogP contribution >= 0.6 is 0 Å². The van der Waals surface area contributed by atoms with E-state index in [9.17, 15) is 9.59 Å². The fraction of sp³-hybridized carbons (Fsp3) is 0.278. The van der Waals surface area contributed by atoms with Gasteiger partial charge in [0.2, 0.25) is 0 Å². The predicted molar refractivity (Wildman–Crippen MR) is 92.4 cm³/mol. The van der Waals surface area contributed by atoms with Crippen LogP contribution < -0.4 is 15.4 Å². The molecule has 0 saturated heterocycles. The number of carbonyl (C=O) groups is 2. The molecule has 6 heteroatoms. The molecule has 0 radical (unpaired) electrons. The Bertz CT molecular complexity index is 716. The molecule has 0 unspecified atom stereocenters. The molecule has 0 aliphatic heterocycles. The maximum absolute atomic E-state index is 12.4. The number of pyridine rings is 1. The molecular weight excluding hydrogens is 306 g/mol. The zero-order chi connectivity index (χ0) is 17.4. The molecule has 0 aliphatic carbocycles. The first kappa shape index (κ1) is 17.5. The van der Waals surface area contributed by atoms with Gasteiger partial charge in [0.1, 0.15) is 17.1 Å². The van der Waals surface area contributed by atoms with Crippen LogP contribution in [-0.4, -0.2) is 29.9 Å². The quantitative estimate of drug-likeness (QED) is 0.819. The second-order valence-electron chi connectivity index (χ2n) is 5.05. The zero-order valence-electron chi connectivity index (χ0n) is 13.8. The molecule has 0 spiro atoms. The van der Waals surface area contributed by atoms with Gasteiger partial charge in [-0.3, -0.25) is 9.59 Å². The van der Waals surface area contributed by atoms with Gasteiger partial charge >= 0.3 is 0 Å². The molecule has 2 aromatic rings. The van der Waals surface area contributed by atoms with Crippen LogP contribution in [0.3, 0.4) is 0 Å². The maximum Gasteiger partial charge on any atom is 0.274 e. The minimum Gasteiger partial charge on any atom is -0.492 e. The van der Waals surface area contributed by atoms with E-state index in [4.69, 9.17) is 4.74 Å². The van der Waals surface area contributed by atoms with E-state index < -0.39 is 5.91 Å². The summed E-state index contributed by atoms with van der Waals surface area (Å²) in [6, 6.07) is 11.9. The molecule has 0 aliphatic rings. The summed E-state index contributed by atoms with van der Waals surface area (Å²) in [6.45, 7) is 4.91. The van der Waals surface area contributed by atoms with E-state index >= 15 is 0 Å². The van der Waals surface area contributed by atoms with Crippen LogP contribution in [-0.2, 0) is 0 Å². The highest BCUT2D eigenvalue weighted by molar-refractivity contribution is 6.04. The summed E-state index contributed by atoms with van der Waals surface area (Å²) >= 11 is 0. The number of nitrogens with zero attached hydrogens (tertiary/aromatic N) is 1. The van der Waals surface area contributed by atoms with E-state index in [2.05, 4.69) is 15.6 Å². The smallest absolute Gasteiger partial charge is 0.274 e. The second-order valence-corrected chi connectivity index (χ2v) is 5.05. The third-order valence-electron chi connectivity index (χ3n) is 3.19. The average Bonchev–Trinajstić information content (AvgIpc) is 2.61. The fourth-order valence-corrected chi connectivity index (χ4v) is 2.05. The number of hydrogen-bond donors (Lipinski definition) is 2. The topological polar surface area (TPSA) is 80.3 Å². The molecule has 2 N–H and O–H groups in total. The number of carbonyl (C=O) groups excluding carboxylic acids is 2. The van der Waals surface area contributed by atoms with Gasteiger partial charge < -0.3 is 15.4 Å². The lowest BCUT2D eigenvalue weighted by Gasteiger charge is -2.11. The van der Waals surface area contributed by atoms with Crippen molar-refractivity contribution in [3.8, 4) is 5.75 Å². The molecule has 1 heterocycles. The molecule has 126 valence electrons. The Labute approximate surface area is 141 Å². The standard InChI is InChI=1S/C18H21N3O3/c1-3-12-19-17(22)14-9-7-10-15(20-14)18(23)21-13-8-5-6-11-16(13)24-4-2/h5-11H,3-4,12H2,1-2H3,(H,19,22)(H,21,23). The van der Waals surface area contributed by atoms with Gasteiger partial charge in [-0.1, -0.05) is 25.1 Å². The summed E-state index contributed by atoms with van der Waals surface area (Å²) in [5.41, 5.74) is 0.951. The number of rotatable bonds is 7. The first-order valence-corrected chi connectivity index (χ1v) is 7.94. The van der Waals surface area contributed by atoms with Crippen molar-refractivity contribution in [3.05, 3.63) is 53.9 Å². The highest BCUT2D eigenvalue weighted by Gasteiger charge is 2.13. The van der Waals surface area contributed by atoms with Crippen LogP contribution in [0.5, 0.6) is 5.75 Å². The van der Waals surface area contributed by atoms with Gasteiger partial charge in [0.25, 0.3) is 11.8 Å². The number of benzene rings is 1.